The number of carbonyl (C=O) groups excluding carboxylic acids is 9. The number of allylic oxidation sites excluding steroid dienone is 4. The van der Waals surface area contributed by atoms with Gasteiger partial charge < -0.3 is 63.1 Å². The lowest BCUT2D eigenvalue weighted by molar-refractivity contribution is -0.172. The normalized spacial score (nSPS) is 20.9. The van der Waals surface area contributed by atoms with Gasteiger partial charge in [0.15, 0.2) is 24.4 Å². The average molecular weight is 1340 g/mol. The van der Waals surface area contributed by atoms with Gasteiger partial charge in [-0.15, -0.1) is 0 Å². The summed E-state index contributed by atoms with van der Waals surface area (Å²) in [6.07, 6.45) is 8.97. The maximum Gasteiger partial charge on any atom is 0.347 e. The number of aliphatic carboxylic acids is 1. The van der Waals surface area contributed by atoms with Crippen LogP contribution in [-0.4, -0.2) is 153 Å². The second kappa shape index (κ2) is 45.8. The topological polar surface area (TPSA) is 335 Å². The molecule has 2 aromatic rings. The molecule has 532 valence electrons. The van der Waals surface area contributed by atoms with Crippen LogP contribution in [0.3, 0.4) is 0 Å². The second-order valence-corrected chi connectivity index (χ2v) is 24.7. The van der Waals surface area contributed by atoms with Crippen LogP contribution in [0.1, 0.15) is 197 Å². The molecule has 10 unspecified atom stereocenters. The lowest BCUT2D eigenvalue weighted by atomic mass is 9.85. The van der Waals surface area contributed by atoms with E-state index in [0.29, 0.717) is 83.5 Å². The van der Waals surface area contributed by atoms with Crippen LogP contribution in [-0.2, 0) is 103 Å². The van der Waals surface area contributed by atoms with Crippen molar-refractivity contribution < 1.29 is 111 Å². The minimum Gasteiger partial charge on any atom is -0.479 e. The molecule has 2 aliphatic rings. The summed E-state index contributed by atoms with van der Waals surface area (Å²) in [5.41, 5.74) is 2.25. The summed E-state index contributed by atoms with van der Waals surface area (Å²) in [6, 6.07) is 19.8. The van der Waals surface area contributed by atoms with Crippen molar-refractivity contribution in [2.24, 2.45) is 23.7 Å². The van der Waals surface area contributed by atoms with E-state index in [2.05, 4.69) is 22.9 Å². The second-order valence-electron chi connectivity index (χ2n) is 24.7. The van der Waals surface area contributed by atoms with Crippen molar-refractivity contribution in [1.82, 2.24) is 0 Å². The molecular formula is C72H106O23. The van der Waals surface area contributed by atoms with Gasteiger partial charge in [0.1, 0.15) is 18.3 Å². The van der Waals surface area contributed by atoms with Gasteiger partial charge in [0.2, 0.25) is 0 Å². The molecule has 23 nitrogen and oxygen atoms in total. The van der Waals surface area contributed by atoms with Gasteiger partial charge >= 0.3 is 59.7 Å². The van der Waals surface area contributed by atoms with Crippen molar-refractivity contribution in [3.05, 3.63) is 96.1 Å². The first-order valence-corrected chi connectivity index (χ1v) is 33.2. The third kappa shape index (κ3) is 36.3. The summed E-state index contributed by atoms with van der Waals surface area (Å²) >= 11 is 0. The van der Waals surface area contributed by atoms with E-state index in [1.165, 1.54) is 61.0 Å². The molecule has 0 radical (unpaired) electrons. The van der Waals surface area contributed by atoms with Crippen LogP contribution < -0.4 is 0 Å². The molecule has 2 saturated carbocycles. The van der Waals surface area contributed by atoms with Crippen LogP contribution in [0.15, 0.2) is 85.0 Å². The molecule has 0 heterocycles. The van der Waals surface area contributed by atoms with Gasteiger partial charge in [0, 0.05) is 58.8 Å². The Balaban J connectivity index is 0.000000638. The van der Waals surface area contributed by atoms with Gasteiger partial charge in [-0.25, -0.2) is 19.2 Å². The number of hydrogen-bond donors (Lipinski definition) is 4. The Bertz CT molecular complexity index is 2710. The van der Waals surface area contributed by atoms with Crippen molar-refractivity contribution in [3.63, 3.8) is 0 Å². The molecule has 14 atom stereocenters. The zero-order valence-electron chi connectivity index (χ0n) is 57.6. The van der Waals surface area contributed by atoms with Crippen molar-refractivity contribution in [1.29, 1.82) is 0 Å². The zero-order valence-corrected chi connectivity index (χ0v) is 57.6. The summed E-state index contributed by atoms with van der Waals surface area (Å²) in [5, 5.41) is 39.3. The molecule has 4 rings (SSSR count). The Morgan fingerprint density at radius 3 is 1.28 bits per heavy atom. The molecule has 0 spiro atoms. The number of aryl methyl sites for hydroxylation is 2. The van der Waals surface area contributed by atoms with Gasteiger partial charge in [0.25, 0.3) is 0 Å². The summed E-state index contributed by atoms with van der Waals surface area (Å²) < 4.78 is 47.5. The molecule has 23 heteroatoms. The van der Waals surface area contributed by atoms with Crippen LogP contribution in [0.5, 0.6) is 0 Å². The fraction of sp³-hybridized carbons (Fsp3) is 0.639. The number of benzene rings is 2. The molecular weight excluding hydrogens is 1230 g/mol. The van der Waals surface area contributed by atoms with Gasteiger partial charge in [-0.1, -0.05) is 85.0 Å². The largest absolute Gasteiger partial charge is 0.479 e. The van der Waals surface area contributed by atoms with Crippen LogP contribution >= 0.6 is 0 Å². The van der Waals surface area contributed by atoms with E-state index in [-0.39, 0.29) is 48.8 Å². The predicted octanol–water partition coefficient (Wildman–Crippen LogP) is 9.90. The van der Waals surface area contributed by atoms with Gasteiger partial charge in [-0.05, 0) is 175 Å². The van der Waals surface area contributed by atoms with Crippen LogP contribution in [0.4, 0.5) is 0 Å². The third-order valence-electron chi connectivity index (χ3n) is 15.8. The lowest BCUT2D eigenvalue weighted by Gasteiger charge is -2.28. The van der Waals surface area contributed by atoms with Gasteiger partial charge in [-0.2, -0.15) is 0 Å². The van der Waals surface area contributed by atoms with E-state index in [1.807, 2.05) is 80.6 Å². The standard InChI is InChI=1S/C41H58O14.C26H40O5.C5H8O4/c1-25(2)49-38(45)19-15-10-9-14-18-34-35(23-22-33(21-20-32-16-12-11-13-17-32)53-39(46)26(3)50-29(6)42)37(55-41(48)28(5)52-31(8)44)24-36(34)54-40(47)27(4)51-30(7)43;1-19(2)31-26(30)13-9-4-3-8-12-22-23(25(29)18-24(22)28)17-16-21(27)15-14-20-10-6-5-7-11-20;1-3(5(7)8)9-4(2)6/h9,11-14,16-17,25-28,33-37H,10,15,18-24H2,1-8H3;3,5-8,10-11,19,21-25,27-29H,4,9,12-18H2,1-2H3;3H,1-2H3,(H,7,8)/b14-9-;8-3-;/t26-,27-,28-,33?,34?,35?,36?,37?;;3-/m0.0/s1. The summed E-state index contributed by atoms with van der Waals surface area (Å²) in [5.74, 6) is -7.20. The molecule has 2 aliphatic carbocycles. The SMILES string of the molecule is CC(=O)O[C@@H](C)C(=O)O.CC(=O)O[C@@H](C)C(=O)OC(CCc1ccccc1)CCC1C(OC(=O)[C@H](C)OC(C)=O)CC(OC(=O)[C@H](C)OC(C)=O)C1C/C=C\CCCC(=O)OC(C)C.CC(C)OC(=O)CCC/C=C\CC1C(O)CC(O)C1CCC(O)CCc1ccccc1. The fourth-order valence-corrected chi connectivity index (χ4v) is 11.2. The first kappa shape index (κ1) is 83.6. The van der Waals surface area contributed by atoms with E-state index in [0.717, 1.165) is 24.8 Å². The fourth-order valence-electron chi connectivity index (χ4n) is 11.2. The lowest BCUT2D eigenvalue weighted by Crippen LogP contribution is -2.34. The van der Waals surface area contributed by atoms with Gasteiger partial charge in [-0.3, -0.25) is 28.8 Å². The molecule has 0 aliphatic heterocycles. The highest BCUT2D eigenvalue weighted by molar-refractivity contribution is 5.80. The number of carbonyl (C=O) groups is 10. The summed E-state index contributed by atoms with van der Waals surface area (Å²) in [6.45, 7) is 17.5. The van der Waals surface area contributed by atoms with Crippen molar-refractivity contribution in [3.8, 4) is 0 Å². The van der Waals surface area contributed by atoms with Crippen molar-refractivity contribution >= 4 is 59.7 Å². The predicted molar refractivity (Wildman–Crippen MR) is 349 cm³/mol. The van der Waals surface area contributed by atoms with E-state index in [1.54, 1.807) is 13.8 Å². The number of esters is 9. The highest BCUT2D eigenvalue weighted by Crippen LogP contribution is 2.43. The first-order valence-electron chi connectivity index (χ1n) is 33.2. The Morgan fingerprint density at radius 1 is 0.453 bits per heavy atom. The Morgan fingerprint density at radius 2 is 0.853 bits per heavy atom. The minimum absolute atomic E-state index is 0.00652. The first-order chi connectivity index (χ1) is 44.9. The molecule has 2 aromatic carbocycles. The van der Waals surface area contributed by atoms with Crippen LogP contribution in [0.25, 0.3) is 0 Å². The molecule has 0 amide bonds. The van der Waals surface area contributed by atoms with Crippen LogP contribution in [0.2, 0.25) is 0 Å². The third-order valence-corrected chi connectivity index (χ3v) is 15.8. The number of carboxylic acids is 1. The Kier molecular flexibility index (Phi) is 40.3. The van der Waals surface area contributed by atoms with Crippen molar-refractivity contribution in [2.45, 2.75) is 272 Å². The number of hydrogen-bond acceptors (Lipinski definition) is 22. The number of rotatable bonds is 37. The number of aliphatic hydroxyl groups excluding tert-OH is 3. The van der Waals surface area contributed by atoms with Crippen LogP contribution in [0, 0.1) is 23.7 Å². The number of ether oxygens (including phenoxy) is 9. The number of unbranched alkanes of at least 4 members (excludes halogenated alkanes) is 2. The van der Waals surface area contributed by atoms with E-state index >= 15 is 0 Å². The smallest absolute Gasteiger partial charge is 0.347 e. The maximum atomic E-state index is 13.2. The monoisotopic (exact) mass is 1340 g/mol. The molecule has 0 bridgehead atoms. The number of aliphatic hydroxyl groups is 3. The molecule has 2 fully saturated rings. The Hall–Kier alpha value is -7.50. The summed E-state index contributed by atoms with van der Waals surface area (Å²) in [7, 11) is 0. The van der Waals surface area contributed by atoms with E-state index in [9.17, 15) is 63.3 Å². The van der Waals surface area contributed by atoms with Gasteiger partial charge in [0.05, 0.1) is 30.5 Å². The average Bonchev–Trinajstić information content (AvgIpc) is 1.67. The number of carboxylic acid groups (broad SMARTS) is 1. The van der Waals surface area contributed by atoms with E-state index < -0.39 is 121 Å². The quantitative estimate of drug-likeness (QED) is 0.0211. The minimum atomic E-state index is -1.20. The maximum absolute atomic E-state index is 13.2. The molecule has 4 N–H and O–H groups in total. The zero-order chi connectivity index (χ0) is 71.2. The highest BCUT2D eigenvalue weighted by atomic mass is 16.6. The van der Waals surface area contributed by atoms with Crippen molar-refractivity contribution in [2.75, 3.05) is 0 Å². The Labute approximate surface area is 560 Å². The molecule has 0 saturated heterocycles. The van der Waals surface area contributed by atoms with E-state index in [4.69, 9.17) is 43.0 Å². The summed E-state index contributed by atoms with van der Waals surface area (Å²) in [4.78, 5) is 118. The molecule has 95 heavy (non-hydrogen) atoms. The molecule has 0 aromatic heterocycles. The highest BCUT2D eigenvalue weighted by Gasteiger charge is 2.48.